The van der Waals surface area contributed by atoms with Crippen molar-refractivity contribution in [2.45, 2.75) is 39.3 Å². The van der Waals surface area contributed by atoms with Crippen molar-refractivity contribution in [2.75, 3.05) is 11.9 Å². The topological polar surface area (TPSA) is 66.2 Å². The van der Waals surface area contributed by atoms with Crippen LogP contribution in [0.3, 0.4) is 0 Å². The van der Waals surface area contributed by atoms with Crippen LogP contribution in [-0.2, 0) is 4.74 Å². The lowest BCUT2D eigenvalue weighted by molar-refractivity contribution is 0.0526. The highest BCUT2D eigenvalue weighted by Gasteiger charge is 2.16. The number of ether oxygens (including phenoxy) is 1. The van der Waals surface area contributed by atoms with Gasteiger partial charge in [0.1, 0.15) is 5.60 Å². The maximum absolute atomic E-state index is 11.6. The maximum atomic E-state index is 11.6. The summed E-state index contributed by atoms with van der Waals surface area (Å²) in [5.74, 6) is 0. The Morgan fingerprint density at radius 1 is 1.33 bits per heavy atom. The molecule has 0 aliphatic carbocycles. The van der Waals surface area contributed by atoms with Crippen LogP contribution in [0, 0.1) is 0 Å². The number of alkyl carbamates (subject to hydrolysis) is 1. The third kappa shape index (κ3) is 4.70. The number of carbonyl (C=O) groups excluding carboxylic acids is 1. The van der Waals surface area contributed by atoms with Gasteiger partial charge in [-0.15, -0.1) is 0 Å². The number of benzene rings is 1. The molecule has 5 nitrogen and oxygen atoms in total. The Balaban J connectivity index is 1.84. The summed E-state index contributed by atoms with van der Waals surface area (Å²) in [5.41, 5.74) is 1.67. The van der Waals surface area contributed by atoms with E-state index in [2.05, 4.69) is 21.7 Å². The van der Waals surface area contributed by atoms with E-state index in [1.165, 1.54) is 0 Å². The molecule has 21 heavy (non-hydrogen) atoms. The molecule has 5 heteroatoms. The number of aromatic nitrogens is 1. The Labute approximate surface area is 125 Å². The molecule has 0 fully saturated rings. The number of H-pyrrole nitrogens is 1. The van der Waals surface area contributed by atoms with Gasteiger partial charge in [-0.1, -0.05) is 0 Å². The third-order valence-electron chi connectivity index (χ3n) is 2.92. The molecule has 0 saturated heterocycles. The molecule has 1 atom stereocenters. The first-order valence-corrected chi connectivity index (χ1v) is 7.14. The van der Waals surface area contributed by atoms with Crippen LogP contribution in [-0.4, -0.2) is 29.3 Å². The van der Waals surface area contributed by atoms with E-state index in [9.17, 15) is 4.79 Å². The van der Waals surface area contributed by atoms with E-state index in [0.717, 1.165) is 16.6 Å². The van der Waals surface area contributed by atoms with Gasteiger partial charge in [0, 0.05) is 35.4 Å². The fourth-order valence-electron chi connectivity index (χ4n) is 2.03. The summed E-state index contributed by atoms with van der Waals surface area (Å²) in [6.07, 6.45) is 1.53. The van der Waals surface area contributed by atoms with Crippen molar-refractivity contribution in [1.29, 1.82) is 0 Å². The number of rotatable bonds is 4. The van der Waals surface area contributed by atoms with Gasteiger partial charge in [-0.05, 0) is 52.0 Å². The smallest absolute Gasteiger partial charge is 0.407 e. The van der Waals surface area contributed by atoms with Gasteiger partial charge in [0.15, 0.2) is 0 Å². The van der Waals surface area contributed by atoms with Gasteiger partial charge in [0.05, 0.1) is 0 Å². The number of nitrogens with one attached hydrogen (secondary N) is 3. The molecular weight excluding hydrogens is 266 g/mol. The van der Waals surface area contributed by atoms with E-state index in [-0.39, 0.29) is 6.04 Å². The number of aromatic amines is 1. The van der Waals surface area contributed by atoms with Crippen molar-refractivity contribution in [3.05, 3.63) is 30.5 Å². The van der Waals surface area contributed by atoms with Gasteiger partial charge in [-0.3, -0.25) is 0 Å². The average molecular weight is 289 g/mol. The Kier molecular flexibility index (Phi) is 4.40. The number of carbonyl (C=O) groups is 1. The molecule has 2 aromatic rings. The minimum atomic E-state index is -0.472. The Bertz CT molecular complexity index is 613. The standard InChI is InChI=1S/C16H23N3O2/c1-11(10-18-15(20)21-16(2,3)4)19-13-5-6-14-12(9-13)7-8-17-14/h5-9,11,17,19H,10H2,1-4H3,(H,18,20). The van der Waals surface area contributed by atoms with Gasteiger partial charge >= 0.3 is 6.09 Å². The zero-order valence-electron chi connectivity index (χ0n) is 13.0. The molecule has 0 aliphatic rings. The highest BCUT2D eigenvalue weighted by molar-refractivity contribution is 5.83. The fourth-order valence-corrected chi connectivity index (χ4v) is 2.03. The van der Waals surface area contributed by atoms with Crippen LogP contribution < -0.4 is 10.6 Å². The van der Waals surface area contributed by atoms with Gasteiger partial charge in [-0.2, -0.15) is 0 Å². The highest BCUT2D eigenvalue weighted by atomic mass is 16.6. The van der Waals surface area contributed by atoms with Crippen LogP contribution in [0.2, 0.25) is 0 Å². The lowest BCUT2D eigenvalue weighted by Crippen LogP contribution is -2.38. The van der Waals surface area contributed by atoms with E-state index >= 15 is 0 Å². The molecule has 2 rings (SSSR count). The normalized spacial score (nSPS) is 13.0. The quantitative estimate of drug-likeness (QED) is 0.807. The first-order chi connectivity index (χ1) is 9.83. The van der Waals surface area contributed by atoms with Crippen molar-refractivity contribution in [2.24, 2.45) is 0 Å². The number of hydrogen-bond acceptors (Lipinski definition) is 3. The molecule has 1 amide bonds. The number of fused-ring (bicyclic) bond motifs is 1. The predicted octanol–water partition coefficient (Wildman–Crippen LogP) is 3.49. The van der Waals surface area contributed by atoms with Gasteiger partial charge in [0.25, 0.3) is 0 Å². The molecule has 0 spiro atoms. The molecule has 1 aromatic heterocycles. The van der Waals surface area contributed by atoms with E-state index in [4.69, 9.17) is 4.74 Å². The average Bonchev–Trinajstić information content (AvgIpc) is 2.81. The molecule has 0 saturated carbocycles. The molecule has 0 aliphatic heterocycles. The number of amides is 1. The Hall–Kier alpha value is -2.17. The first kappa shape index (κ1) is 15.2. The summed E-state index contributed by atoms with van der Waals surface area (Å²) in [7, 11) is 0. The second kappa shape index (κ2) is 6.08. The summed E-state index contributed by atoms with van der Waals surface area (Å²) >= 11 is 0. The number of anilines is 1. The SMILES string of the molecule is CC(CNC(=O)OC(C)(C)C)Nc1ccc2[nH]ccc2c1. The van der Waals surface area contributed by atoms with E-state index < -0.39 is 11.7 Å². The summed E-state index contributed by atoms with van der Waals surface area (Å²) in [6, 6.07) is 8.27. The monoisotopic (exact) mass is 289 g/mol. The maximum Gasteiger partial charge on any atom is 0.407 e. The Morgan fingerprint density at radius 2 is 2.10 bits per heavy atom. The lowest BCUT2D eigenvalue weighted by atomic mass is 10.2. The van der Waals surface area contributed by atoms with E-state index in [1.807, 2.05) is 52.1 Å². The van der Waals surface area contributed by atoms with Crippen LogP contribution >= 0.6 is 0 Å². The zero-order chi connectivity index (χ0) is 15.5. The van der Waals surface area contributed by atoms with Crippen LogP contribution in [0.5, 0.6) is 0 Å². The Morgan fingerprint density at radius 3 is 2.81 bits per heavy atom. The largest absolute Gasteiger partial charge is 0.444 e. The van der Waals surface area contributed by atoms with Crippen LogP contribution in [0.15, 0.2) is 30.5 Å². The molecule has 114 valence electrons. The molecule has 0 radical (unpaired) electrons. The molecule has 3 N–H and O–H groups in total. The summed E-state index contributed by atoms with van der Waals surface area (Å²) in [6.45, 7) is 8.06. The second-order valence-electron chi connectivity index (χ2n) is 6.21. The van der Waals surface area contributed by atoms with Gasteiger partial charge in [-0.25, -0.2) is 4.79 Å². The summed E-state index contributed by atoms with van der Waals surface area (Å²) < 4.78 is 5.20. The number of hydrogen-bond donors (Lipinski definition) is 3. The summed E-state index contributed by atoms with van der Waals surface area (Å²) in [5, 5.41) is 7.28. The van der Waals surface area contributed by atoms with Crippen molar-refractivity contribution >= 4 is 22.7 Å². The van der Waals surface area contributed by atoms with Crippen molar-refractivity contribution in [1.82, 2.24) is 10.3 Å². The molecule has 1 unspecified atom stereocenters. The van der Waals surface area contributed by atoms with Crippen molar-refractivity contribution < 1.29 is 9.53 Å². The second-order valence-corrected chi connectivity index (χ2v) is 6.21. The molecule has 1 heterocycles. The minimum absolute atomic E-state index is 0.105. The van der Waals surface area contributed by atoms with Crippen LogP contribution in [0.4, 0.5) is 10.5 Å². The molecule has 0 bridgehead atoms. The lowest BCUT2D eigenvalue weighted by Gasteiger charge is -2.21. The zero-order valence-corrected chi connectivity index (χ0v) is 13.0. The van der Waals surface area contributed by atoms with Crippen LogP contribution in [0.25, 0.3) is 10.9 Å². The van der Waals surface area contributed by atoms with E-state index in [1.54, 1.807) is 0 Å². The predicted molar refractivity (Wildman–Crippen MR) is 85.6 cm³/mol. The van der Waals surface area contributed by atoms with Gasteiger partial charge in [0.2, 0.25) is 0 Å². The van der Waals surface area contributed by atoms with Crippen molar-refractivity contribution in [3.63, 3.8) is 0 Å². The molecule has 1 aromatic carbocycles. The molecular formula is C16H23N3O2. The van der Waals surface area contributed by atoms with E-state index in [0.29, 0.717) is 6.54 Å². The fraction of sp³-hybridized carbons (Fsp3) is 0.438. The summed E-state index contributed by atoms with van der Waals surface area (Å²) in [4.78, 5) is 14.8. The minimum Gasteiger partial charge on any atom is -0.444 e. The van der Waals surface area contributed by atoms with Gasteiger partial charge < -0.3 is 20.4 Å². The highest BCUT2D eigenvalue weighted by Crippen LogP contribution is 2.18. The van der Waals surface area contributed by atoms with Crippen LogP contribution in [0.1, 0.15) is 27.7 Å². The van der Waals surface area contributed by atoms with Crippen molar-refractivity contribution in [3.8, 4) is 0 Å². The third-order valence-corrected chi connectivity index (χ3v) is 2.92. The first-order valence-electron chi connectivity index (χ1n) is 7.14.